The average molecular weight is 388 g/mol. The SMILES string of the molecule is CC(C)(C)OC(=O)N(CC=Cc1ccc2c(c1)NC(=O)C2)C(=O)OC(C)(C)C. The van der Waals surface area contributed by atoms with Gasteiger partial charge in [0.15, 0.2) is 0 Å². The van der Waals surface area contributed by atoms with Crippen LogP contribution in [0.4, 0.5) is 15.3 Å². The summed E-state index contributed by atoms with van der Waals surface area (Å²) in [5, 5.41) is 2.79. The monoisotopic (exact) mass is 388 g/mol. The number of hydrogen-bond donors (Lipinski definition) is 1. The number of benzene rings is 1. The van der Waals surface area contributed by atoms with Gasteiger partial charge in [-0.2, -0.15) is 0 Å². The van der Waals surface area contributed by atoms with Gasteiger partial charge < -0.3 is 14.8 Å². The van der Waals surface area contributed by atoms with Gasteiger partial charge in [-0.15, -0.1) is 0 Å². The van der Waals surface area contributed by atoms with Gasteiger partial charge in [0.25, 0.3) is 0 Å². The zero-order chi connectivity index (χ0) is 21.1. The topological polar surface area (TPSA) is 84.9 Å². The molecular weight excluding hydrogens is 360 g/mol. The third-order valence-corrected chi connectivity index (χ3v) is 3.59. The van der Waals surface area contributed by atoms with Crippen LogP contribution in [0.5, 0.6) is 0 Å². The summed E-state index contributed by atoms with van der Waals surface area (Å²) in [6.45, 7) is 10.4. The van der Waals surface area contributed by atoms with E-state index in [1.807, 2.05) is 18.2 Å². The quantitative estimate of drug-likeness (QED) is 0.831. The van der Waals surface area contributed by atoms with Crippen molar-refractivity contribution in [2.24, 2.45) is 0 Å². The number of fused-ring (bicyclic) bond motifs is 1. The van der Waals surface area contributed by atoms with Crippen molar-refractivity contribution in [1.29, 1.82) is 0 Å². The Morgan fingerprint density at radius 2 is 1.64 bits per heavy atom. The van der Waals surface area contributed by atoms with Crippen molar-refractivity contribution in [3.05, 3.63) is 35.4 Å². The second-order valence-corrected chi connectivity index (χ2v) is 8.62. The van der Waals surface area contributed by atoms with Gasteiger partial charge >= 0.3 is 12.2 Å². The number of nitrogens with zero attached hydrogens (tertiary/aromatic N) is 1. The van der Waals surface area contributed by atoms with Gasteiger partial charge in [-0.1, -0.05) is 24.3 Å². The second kappa shape index (κ2) is 8.04. The molecule has 0 aromatic heterocycles. The Hall–Kier alpha value is -2.83. The van der Waals surface area contributed by atoms with Gasteiger partial charge in [-0.3, -0.25) is 4.79 Å². The van der Waals surface area contributed by atoms with Gasteiger partial charge in [-0.05, 0) is 58.7 Å². The maximum atomic E-state index is 12.4. The van der Waals surface area contributed by atoms with Crippen LogP contribution in [0.25, 0.3) is 6.08 Å². The summed E-state index contributed by atoms with van der Waals surface area (Å²) in [7, 11) is 0. The van der Waals surface area contributed by atoms with Crippen molar-refractivity contribution in [3.8, 4) is 0 Å². The highest BCUT2D eigenvalue weighted by Crippen LogP contribution is 2.24. The van der Waals surface area contributed by atoms with E-state index in [0.717, 1.165) is 21.7 Å². The highest BCUT2D eigenvalue weighted by atomic mass is 16.6. The Bertz CT molecular complexity index is 772. The fourth-order valence-corrected chi connectivity index (χ4v) is 2.49. The molecule has 0 atom stereocenters. The molecule has 3 amide bonds. The molecule has 0 bridgehead atoms. The number of carbonyl (C=O) groups is 3. The zero-order valence-electron chi connectivity index (χ0n) is 17.3. The van der Waals surface area contributed by atoms with Crippen molar-refractivity contribution < 1.29 is 23.9 Å². The first-order valence-corrected chi connectivity index (χ1v) is 9.17. The van der Waals surface area contributed by atoms with Crippen molar-refractivity contribution >= 4 is 29.9 Å². The van der Waals surface area contributed by atoms with Crippen molar-refractivity contribution in [1.82, 2.24) is 4.90 Å². The first-order chi connectivity index (χ1) is 12.8. The van der Waals surface area contributed by atoms with E-state index in [0.29, 0.717) is 6.42 Å². The molecule has 0 radical (unpaired) electrons. The Morgan fingerprint density at radius 3 is 2.18 bits per heavy atom. The van der Waals surface area contributed by atoms with Crippen molar-refractivity contribution in [2.75, 3.05) is 11.9 Å². The minimum absolute atomic E-state index is 0.00668. The predicted octanol–water partition coefficient (Wildman–Crippen LogP) is 4.37. The number of carbonyl (C=O) groups excluding carboxylic acids is 3. The van der Waals surface area contributed by atoms with Crippen LogP contribution in [0.15, 0.2) is 24.3 Å². The van der Waals surface area contributed by atoms with E-state index in [9.17, 15) is 14.4 Å². The van der Waals surface area contributed by atoms with E-state index in [1.165, 1.54) is 0 Å². The Morgan fingerprint density at radius 1 is 1.07 bits per heavy atom. The summed E-state index contributed by atoms with van der Waals surface area (Å²) >= 11 is 0. The normalized spacial score (nSPS) is 13.9. The summed E-state index contributed by atoms with van der Waals surface area (Å²) < 4.78 is 10.6. The van der Waals surface area contributed by atoms with Crippen LogP contribution < -0.4 is 5.32 Å². The Labute approximate surface area is 165 Å². The number of ether oxygens (including phenoxy) is 2. The van der Waals surface area contributed by atoms with Crippen LogP contribution >= 0.6 is 0 Å². The lowest BCUT2D eigenvalue weighted by molar-refractivity contribution is -0.115. The summed E-state index contributed by atoms with van der Waals surface area (Å²) in [6.07, 6.45) is 2.28. The van der Waals surface area contributed by atoms with E-state index >= 15 is 0 Å². The number of anilines is 1. The molecule has 0 fully saturated rings. The number of hydrogen-bond acceptors (Lipinski definition) is 5. The van der Waals surface area contributed by atoms with Crippen LogP contribution in [0.1, 0.15) is 52.7 Å². The molecule has 0 saturated carbocycles. The second-order valence-electron chi connectivity index (χ2n) is 8.62. The molecule has 1 N–H and O–H groups in total. The van der Waals surface area contributed by atoms with Gasteiger partial charge in [0.1, 0.15) is 11.2 Å². The largest absolute Gasteiger partial charge is 0.443 e. The summed E-state index contributed by atoms with van der Waals surface area (Å²) in [4.78, 5) is 37.3. The lowest BCUT2D eigenvalue weighted by atomic mass is 10.1. The first kappa shape index (κ1) is 21.5. The van der Waals surface area contributed by atoms with Crippen LogP contribution in [0, 0.1) is 0 Å². The smallest absolute Gasteiger partial charge is 0.420 e. The molecule has 1 aliphatic heterocycles. The average Bonchev–Trinajstić information content (AvgIpc) is 2.87. The van der Waals surface area contributed by atoms with Crippen molar-refractivity contribution in [3.63, 3.8) is 0 Å². The van der Waals surface area contributed by atoms with E-state index in [4.69, 9.17) is 9.47 Å². The van der Waals surface area contributed by atoms with Gasteiger partial charge in [-0.25, -0.2) is 14.5 Å². The number of rotatable bonds is 3. The molecule has 7 nitrogen and oxygen atoms in total. The molecule has 1 aromatic rings. The Kier molecular flexibility index (Phi) is 6.17. The highest BCUT2D eigenvalue weighted by Gasteiger charge is 2.30. The molecule has 0 unspecified atom stereocenters. The minimum Gasteiger partial charge on any atom is -0.443 e. The maximum absolute atomic E-state index is 12.4. The molecular formula is C21H28N2O5. The lowest BCUT2D eigenvalue weighted by Gasteiger charge is -2.28. The first-order valence-electron chi connectivity index (χ1n) is 9.17. The van der Waals surface area contributed by atoms with E-state index in [2.05, 4.69) is 5.32 Å². The van der Waals surface area contributed by atoms with Crippen LogP contribution in [-0.2, 0) is 20.7 Å². The molecule has 1 aliphatic rings. The van der Waals surface area contributed by atoms with E-state index < -0.39 is 23.4 Å². The third kappa shape index (κ3) is 6.40. The maximum Gasteiger partial charge on any atom is 0.420 e. The zero-order valence-corrected chi connectivity index (χ0v) is 17.3. The molecule has 28 heavy (non-hydrogen) atoms. The van der Waals surface area contributed by atoms with Crippen LogP contribution in [0.2, 0.25) is 0 Å². The van der Waals surface area contributed by atoms with Gasteiger partial charge in [0.05, 0.1) is 13.0 Å². The standard InChI is InChI=1S/C21H28N2O5/c1-20(2,3)27-18(25)23(19(26)28-21(4,5)6)11-7-8-14-9-10-15-13-17(24)22-16(15)12-14/h7-10,12H,11,13H2,1-6H3,(H,22,24). The molecule has 0 spiro atoms. The van der Waals surface area contributed by atoms with E-state index in [1.54, 1.807) is 53.7 Å². The molecule has 0 aliphatic carbocycles. The number of imide groups is 1. The fourth-order valence-electron chi connectivity index (χ4n) is 2.49. The molecule has 0 saturated heterocycles. The summed E-state index contributed by atoms with van der Waals surface area (Å²) in [5.74, 6) is -0.0304. The molecule has 1 heterocycles. The number of amides is 3. The Balaban J connectivity index is 2.12. The fraction of sp³-hybridized carbons (Fsp3) is 0.476. The molecule has 7 heteroatoms. The van der Waals surface area contributed by atoms with Gasteiger partial charge in [0.2, 0.25) is 5.91 Å². The molecule has 1 aromatic carbocycles. The molecule has 152 valence electrons. The molecule has 2 rings (SSSR count). The van der Waals surface area contributed by atoms with Gasteiger partial charge in [0, 0.05) is 5.69 Å². The van der Waals surface area contributed by atoms with Crippen LogP contribution in [0.3, 0.4) is 0 Å². The predicted molar refractivity (Wildman–Crippen MR) is 107 cm³/mol. The highest BCUT2D eigenvalue weighted by molar-refractivity contribution is 5.99. The van der Waals surface area contributed by atoms with E-state index in [-0.39, 0.29) is 12.5 Å². The number of nitrogens with one attached hydrogen (secondary N) is 1. The summed E-state index contributed by atoms with van der Waals surface area (Å²) in [6, 6.07) is 5.61. The lowest BCUT2D eigenvalue weighted by Crippen LogP contribution is -2.43. The van der Waals surface area contributed by atoms with Crippen molar-refractivity contribution in [2.45, 2.75) is 59.2 Å². The van der Waals surface area contributed by atoms with Crippen LogP contribution in [-0.4, -0.2) is 40.7 Å². The third-order valence-electron chi connectivity index (χ3n) is 3.59. The summed E-state index contributed by atoms with van der Waals surface area (Å²) in [5.41, 5.74) is 1.10. The minimum atomic E-state index is -0.771.